The number of rotatable bonds is 4. The van der Waals surface area contributed by atoms with Gasteiger partial charge in [-0.05, 0) is 37.3 Å². The normalized spacial score (nSPS) is 12.1. The van der Waals surface area contributed by atoms with Crippen LogP contribution in [-0.4, -0.2) is 17.3 Å². The van der Waals surface area contributed by atoms with Gasteiger partial charge in [0.15, 0.2) is 0 Å². The lowest BCUT2D eigenvalue weighted by Crippen LogP contribution is -2.06. The smallest absolute Gasteiger partial charge is 0.119 e. The predicted molar refractivity (Wildman–Crippen MR) is 63.6 cm³/mol. The van der Waals surface area contributed by atoms with Gasteiger partial charge in [-0.3, -0.25) is 5.10 Å². The predicted octanol–water partition coefficient (Wildman–Crippen LogP) is 2.59. The molecule has 0 amide bonds. The van der Waals surface area contributed by atoms with Crippen LogP contribution in [0.5, 0.6) is 5.75 Å². The molecule has 0 radical (unpaired) electrons. The van der Waals surface area contributed by atoms with Gasteiger partial charge in [0.05, 0.1) is 18.8 Å². The number of aromatic nitrogens is 2. The van der Waals surface area contributed by atoms with Crippen molar-refractivity contribution >= 4 is 5.69 Å². The Labute approximate surface area is 94.6 Å². The van der Waals surface area contributed by atoms with Crippen LogP contribution in [0.15, 0.2) is 36.5 Å². The molecule has 0 fully saturated rings. The minimum atomic E-state index is 0.205. The molecule has 1 heterocycles. The van der Waals surface area contributed by atoms with Gasteiger partial charge in [0, 0.05) is 11.9 Å². The number of hydrogen-bond donors (Lipinski definition) is 2. The Morgan fingerprint density at radius 3 is 2.56 bits per heavy atom. The maximum absolute atomic E-state index is 5.10. The fourth-order valence-corrected chi connectivity index (χ4v) is 1.52. The van der Waals surface area contributed by atoms with Gasteiger partial charge in [0.1, 0.15) is 5.75 Å². The maximum Gasteiger partial charge on any atom is 0.119 e. The molecule has 4 heteroatoms. The van der Waals surface area contributed by atoms with Crippen molar-refractivity contribution in [2.24, 2.45) is 0 Å². The average Bonchev–Trinajstić information content (AvgIpc) is 2.83. The Kier molecular flexibility index (Phi) is 3.10. The van der Waals surface area contributed by atoms with Crippen molar-refractivity contribution in [1.29, 1.82) is 0 Å². The van der Waals surface area contributed by atoms with E-state index in [0.29, 0.717) is 0 Å². The molecular formula is C12H15N3O. The third kappa shape index (κ3) is 2.34. The summed E-state index contributed by atoms with van der Waals surface area (Å²) in [6.45, 7) is 2.08. The second kappa shape index (κ2) is 4.70. The molecule has 1 aromatic heterocycles. The molecule has 4 nitrogen and oxygen atoms in total. The maximum atomic E-state index is 5.10. The first-order chi connectivity index (χ1) is 7.79. The molecule has 1 unspecified atom stereocenters. The Balaban J connectivity index is 2.03. The summed E-state index contributed by atoms with van der Waals surface area (Å²) in [5.41, 5.74) is 2.12. The van der Waals surface area contributed by atoms with Gasteiger partial charge in [-0.2, -0.15) is 5.10 Å². The van der Waals surface area contributed by atoms with E-state index in [-0.39, 0.29) is 6.04 Å². The first-order valence-electron chi connectivity index (χ1n) is 5.19. The quantitative estimate of drug-likeness (QED) is 0.827. The van der Waals surface area contributed by atoms with Gasteiger partial charge in [-0.25, -0.2) is 0 Å². The van der Waals surface area contributed by atoms with Crippen molar-refractivity contribution in [2.45, 2.75) is 13.0 Å². The third-order valence-electron chi connectivity index (χ3n) is 2.46. The molecular weight excluding hydrogens is 202 g/mol. The van der Waals surface area contributed by atoms with E-state index in [1.165, 1.54) is 0 Å². The summed E-state index contributed by atoms with van der Waals surface area (Å²) in [6, 6.07) is 10.0. The molecule has 2 aromatic rings. The van der Waals surface area contributed by atoms with E-state index in [0.717, 1.165) is 17.1 Å². The molecule has 0 aliphatic rings. The van der Waals surface area contributed by atoms with E-state index in [1.54, 1.807) is 13.3 Å². The number of benzene rings is 1. The van der Waals surface area contributed by atoms with Crippen molar-refractivity contribution in [1.82, 2.24) is 10.2 Å². The van der Waals surface area contributed by atoms with Gasteiger partial charge in [0.25, 0.3) is 0 Å². The molecule has 0 saturated heterocycles. The molecule has 2 N–H and O–H groups in total. The highest BCUT2D eigenvalue weighted by Crippen LogP contribution is 2.19. The van der Waals surface area contributed by atoms with Crippen LogP contribution in [0.3, 0.4) is 0 Å². The van der Waals surface area contributed by atoms with E-state index in [1.807, 2.05) is 30.3 Å². The average molecular weight is 217 g/mol. The van der Waals surface area contributed by atoms with Crippen molar-refractivity contribution < 1.29 is 4.74 Å². The van der Waals surface area contributed by atoms with Crippen LogP contribution >= 0.6 is 0 Å². The zero-order valence-electron chi connectivity index (χ0n) is 9.40. The Morgan fingerprint density at radius 1 is 1.25 bits per heavy atom. The molecule has 0 bridgehead atoms. The highest BCUT2D eigenvalue weighted by atomic mass is 16.5. The Hall–Kier alpha value is -1.97. The van der Waals surface area contributed by atoms with Crippen LogP contribution < -0.4 is 10.1 Å². The van der Waals surface area contributed by atoms with Crippen molar-refractivity contribution in [2.75, 3.05) is 12.4 Å². The molecule has 0 spiro atoms. The molecule has 0 saturated carbocycles. The first-order valence-corrected chi connectivity index (χ1v) is 5.19. The van der Waals surface area contributed by atoms with Crippen molar-refractivity contribution in [3.05, 3.63) is 42.2 Å². The van der Waals surface area contributed by atoms with Crippen LogP contribution in [0.25, 0.3) is 0 Å². The molecule has 16 heavy (non-hydrogen) atoms. The van der Waals surface area contributed by atoms with Crippen LogP contribution in [0, 0.1) is 0 Å². The molecule has 2 rings (SSSR count). The van der Waals surface area contributed by atoms with Gasteiger partial charge in [0.2, 0.25) is 0 Å². The van der Waals surface area contributed by atoms with E-state index in [9.17, 15) is 0 Å². The van der Waals surface area contributed by atoms with Gasteiger partial charge in [-0.1, -0.05) is 0 Å². The zero-order valence-corrected chi connectivity index (χ0v) is 9.40. The summed E-state index contributed by atoms with van der Waals surface area (Å²) < 4.78 is 5.10. The second-order valence-corrected chi connectivity index (χ2v) is 3.61. The second-order valence-electron chi connectivity index (χ2n) is 3.61. The van der Waals surface area contributed by atoms with Gasteiger partial charge < -0.3 is 10.1 Å². The molecule has 1 atom stereocenters. The third-order valence-corrected chi connectivity index (χ3v) is 2.46. The van der Waals surface area contributed by atoms with E-state index >= 15 is 0 Å². The van der Waals surface area contributed by atoms with Crippen LogP contribution in [0.2, 0.25) is 0 Å². The summed E-state index contributed by atoms with van der Waals surface area (Å²) >= 11 is 0. The summed E-state index contributed by atoms with van der Waals surface area (Å²) in [4.78, 5) is 0. The lowest BCUT2D eigenvalue weighted by molar-refractivity contribution is 0.415. The standard InChI is InChI=1S/C12H15N3O/c1-9(12-7-8-13-15-12)14-10-3-5-11(16-2)6-4-10/h3-9,14H,1-2H3,(H,13,15). The van der Waals surface area contributed by atoms with E-state index in [4.69, 9.17) is 4.74 Å². The highest BCUT2D eigenvalue weighted by Gasteiger charge is 2.05. The number of hydrogen-bond acceptors (Lipinski definition) is 3. The SMILES string of the molecule is COc1ccc(NC(C)c2ccn[nH]2)cc1. The first kappa shape index (κ1) is 10.5. The largest absolute Gasteiger partial charge is 0.497 e. The fourth-order valence-electron chi connectivity index (χ4n) is 1.52. The van der Waals surface area contributed by atoms with Crippen LogP contribution in [0.1, 0.15) is 18.7 Å². The van der Waals surface area contributed by atoms with Crippen LogP contribution in [-0.2, 0) is 0 Å². The van der Waals surface area contributed by atoms with E-state index in [2.05, 4.69) is 22.4 Å². The van der Waals surface area contributed by atoms with Crippen LogP contribution in [0.4, 0.5) is 5.69 Å². The molecule has 1 aromatic carbocycles. The van der Waals surface area contributed by atoms with Crippen molar-refractivity contribution in [3.63, 3.8) is 0 Å². The van der Waals surface area contributed by atoms with Gasteiger partial charge >= 0.3 is 0 Å². The number of anilines is 1. The minimum absolute atomic E-state index is 0.205. The number of nitrogens with one attached hydrogen (secondary N) is 2. The summed E-state index contributed by atoms with van der Waals surface area (Å²) in [5.74, 6) is 0.861. The fraction of sp³-hybridized carbons (Fsp3) is 0.250. The Bertz CT molecular complexity index is 422. The lowest BCUT2D eigenvalue weighted by Gasteiger charge is -2.13. The minimum Gasteiger partial charge on any atom is -0.497 e. The lowest BCUT2D eigenvalue weighted by atomic mass is 10.2. The van der Waals surface area contributed by atoms with E-state index < -0.39 is 0 Å². The van der Waals surface area contributed by atoms with Gasteiger partial charge in [-0.15, -0.1) is 0 Å². The summed E-state index contributed by atoms with van der Waals surface area (Å²) in [5, 5.41) is 10.2. The number of aromatic amines is 1. The highest BCUT2D eigenvalue weighted by molar-refractivity contribution is 5.47. The topological polar surface area (TPSA) is 49.9 Å². The Morgan fingerprint density at radius 2 is 2.00 bits per heavy atom. The summed E-state index contributed by atoms with van der Waals surface area (Å²) in [7, 11) is 1.66. The molecule has 84 valence electrons. The number of nitrogens with zero attached hydrogens (tertiary/aromatic N) is 1. The number of H-pyrrole nitrogens is 1. The monoisotopic (exact) mass is 217 g/mol. The number of ether oxygens (including phenoxy) is 1. The zero-order chi connectivity index (χ0) is 11.4. The molecule has 0 aliphatic carbocycles. The summed E-state index contributed by atoms with van der Waals surface area (Å²) in [6.07, 6.45) is 1.75. The molecule has 0 aliphatic heterocycles. The number of methoxy groups -OCH3 is 1. The van der Waals surface area contributed by atoms with Crippen molar-refractivity contribution in [3.8, 4) is 5.75 Å².